The number of hydrogen-bond acceptors (Lipinski definition) is 7. The number of thiazole rings is 1. The van der Waals surface area contributed by atoms with Crippen molar-refractivity contribution in [2.45, 2.75) is 0 Å². The normalized spacial score (nSPS) is 14.0. The molecule has 0 atom stereocenters. The lowest BCUT2D eigenvalue weighted by Crippen LogP contribution is -2.36. The molecule has 1 amide bonds. The molecule has 3 heterocycles. The lowest BCUT2D eigenvalue weighted by Gasteiger charge is -2.29. The molecule has 4 rings (SSSR count). The van der Waals surface area contributed by atoms with E-state index >= 15 is 0 Å². The van der Waals surface area contributed by atoms with Crippen molar-refractivity contribution in [1.29, 1.82) is 0 Å². The molecular formula is C20H20N4O3S. The number of pyridine rings is 1. The summed E-state index contributed by atoms with van der Waals surface area (Å²) in [7, 11) is 1.64. The summed E-state index contributed by atoms with van der Waals surface area (Å²) in [5.74, 6) is 0.436. The van der Waals surface area contributed by atoms with Crippen LogP contribution in [0.2, 0.25) is 0 Å². The van der Waals surface area contributed by atoms with Gasteiger partial charge >= 0.3 is 0 Å². The molecule has 1 aromatic carbocycles. The monoisotopic (exact) mass is 396 g/mol. The molecule has 0 bridgehead atoms. The van der Waals surface area contributed by atoms with Crippen LogP contribution in [0.4, 0.5) is 11.4 Å². The summed E-state index contributed by atoms with van der Waals surface area (Å²) in [4.78, 5) is 23.2. The average Bonchev–Trinajstić information content (AvgIpc) is 3.29. The highest BCUT2D eigenvalue weighted by molar-refractivity contribution is 7.07. The fourth-order valence-electron chi connectivity index (χ4n) is 3.13. The summed E-state index contributed by atoms with van der Waals surface area (Å²) in [6.07, 6.45) is 1.70. The van der Waals surface area contributed by atoms with Gasteiger partial charge in [0.05, 0.1) is 37.2 Å². The van der Waals surface area contributed by atoms with Gasteiger partial charge in [-0.3, -0.25) is 9.78 Å². The Hall–Kier alpha value is -2.97. The first-order valence-corrected chi connectivity index (χ1v) is 9.86. The van der Waals surface area contributed by atoms with Crippen molar-refractivity contribution in [1.82, 2.24) is 9.97 Å². The van der Waals surface area contributed by atoms with Crippen molar-refractivity contribution in [3.8, 4) is 17.0 Å². The van der Waals surface area contributed by atoms with Crippen LogP contribution in [0.3, 0.4) is 0 Å². The standard InChI is InChI=1S/C20H20N4O3S/c1-26-18-11-14(24-7-9-27-10-8-24)4-5-15(18)19-16(3-2-6-21-19)23-20(25)17-12-28-13-22-17/h2-6,11-13H,7-10H2,1H3,(H,23,25). The molecule has 8 heteroatoms. The Labute approximate surface area is 167 Å². The van der Waals surface area contributed by atoms with E-state index < -0.39 is 0 Å². The van der Waals surface area contributed by atoms with Crippen LogP contribution in [0.25, 0.3) is 11.3 Å². The molecule has 1 saturated heterocycles. The third-order valence-electron chi connectivity index (χ3n) is 4.54. The number of aromatic nitrogens is 2. The Balaban J connectivity index is 1.66. The minimum absolute atomic E-state index is 0.264. The fourth-order valence-corrected chi connectivity index (χ4v) is 3.66. The van der Waals surface area contributed by atoms with E-state index in [9.17, 15) is 4.79 Å². The van der Waals surface area contributed by atoms with Gasteiger partial charge in [-0.15, -0.1) is 11.3 Å². The number of hydrogen-bond donors (Lipinski definition) is 1. The number of rotatable bonds is 5. The number of anilines is 2. The van der Waals surface area contributed by atoms with Crippen LogP contribution in [0, 0.1) is 0 Å². The zero-order valence-electron chi connectivity index (χ0n) is 15.4. The average molecular weight is 396 g/mol. The molecule has 0 saturated carbocycles. The highest BCUT2D eigenvalue weighted by Gasteiger charge is 2.18. The summed E-state index contributed by atoms with van der Waals surface area (Å²) in [5, 5.41) is 4.61. The molecule has 144 valence electrons. The van der Waals surface area contributed by atoms with Gasteiger partial charge in [0.2, 0.25) is 0 Å². The minimum Gasteiger partial charge on any atom is -0.496 e. The Morgan fingerprint density at radius 1 is 1.25 bits per heavy atom. The predicted molar refractivity (Wildman–Crippen MR) is 109 cm³/mol. The van der Waals surface area contributed by atoms with Gasteiger partial charge in [0.15, 0.2) is 0 Å². The maximum absolute atomic E-state index is 12.4. The van der Waals surface area contributed by atoms with Gasteiger partial charge in [0.1, 0.15) is 11.4 Å². The maximum atomic E-state index is 12.4. The lowest BCUT2D eigenvalue weighted by molar-refractivity contribution is 0.102. The van der Waals surface area contributed by atoms with E-state index in [0.29, 0.717) is 22.8 Å². The Bertz CT molecular complexity index is 956. The SMILES string of the molecule is COc1cc(N2CCOCC2)ccc1-c1ncccc1NC(=O)c1cscn1. The molecule has 7 nitrogen and oxygen atoms in total. The highest BCUT2D eigenvalue weighted by Crippen LogP contribution is 2.36. The Kier molecular flexibility index (Phi) is 5.50. The summed E-state index contributed by atoms with van der Waals surface area (Å²) >= 11 is 1.38. The largest absolute Gasteiger partial charge is 0.496 e. The van der Waals surface area contributed by atoms with Crippen LogP contribution >= 0.6 is 11.3 Å². The molecule has 0 spiro atoms. The third-order valence-corrected chi connectivity index (χ3v) is 5.12. The number of morpholine rings is 1. The molecule has 2 aromatic heterocycles. The number of carbonyl (C=O) groups is 1. The Morgan fingerprint density at radius 3 is 2.86 bits per heavy atom. The summed E-state index contributed by atoms with van der Waals surface area (Å²) in [6, 6.07) is 9.63. The van der Waals surface area contributed by atoms with Crippen molar-refractivity contribution in [2.75, 3.05) is 43.6 Å². The number of methoxy groups -OCH3 is 1. The van der Waals surface area contributed by atoms with E-state index in [4.69, 9.17) is 9.47 Å². The molecule has 0 unspecified atom stereocenters. The van der Waals surface area contributed by atoms with E-state index in [1.807, 2.05) is 24.3 Å². The van der Waals surface area contributed by atoms with Gasteiger partial charge in [-0.25, -0.2) is 4.98 Å². The van der Waals surface area contributed by atoms with Crippen LogP contribution in [-0.4, -0.2) is 49.3 Å². The van der Waals surface area contributed by atoms with E-state index in [1.165, 1.54) is 11.3 Å². The minimum atomic E-state index is -0.264. The molecule has 1 N–H and O–H groups in total. The second-order valence-electron chi connectivity index (χ2n) is 6.21. The van der Waals surface area contributed by atoms with Crippen LogP contribution in [-0.2, 0) is 4.74 Å². The number of nitrogens with zero attached hydrogens (tertiary/aromatic N) is 3. The number of ether oxygens (including phenoxy) is 2. The molecule has 1 fully saturated rings. The van der Waals surface area contributed by atoms with Gasteiger partial charge in [-0.1, -0.05) is 0 Å². The van der Waals surface area contributed by atoms with Crippen molar-refractivity contribution in [3.05, 3.63) is 53.1 Å². The molecule has 3 aromatic rings. The van der Waals surface area contributed by atoms with Gasteiger partial charge in [0, 0.05) is 42.0 Å². The number of nitrogens with one attached hydrogen (secondary N) is 1. The first-order valence-electron chi connectivity index (χ1n) is 8.92. The second kappa shape index (κ2) is 8.37. The summed E-state index contributed by atoms with van der Waals surface area (Å²) < 4.78 is 11.1. The van der Waals surface area contributed by atoms with Crippen molar-refractivity contribution < 1.29 is 14.3 Å². The number of carbonyl (C=O) groups excluding carboxylic acids is 1. The smallest absolute Gasteiger partial charge is 0.275 e. The molecule has 1 aliphatic rings. The summed E-state index contributed by atoms with van der Waals surface area (Å²) in [5.41, 5.74) is 5.16. The number of benzene rings is 1. The first kappa shape index (κ1) is 18.4. The topological polar surface area (TPSA) is 76.6 Å². The summed E-state index contributed by atoms with van der Waals surface area (Å²) in [6.45, 7) is 3.14. The quantitative estimate of drug-likeness (QED) is 0.713. The van der Waals surface area contributed by atoms with Crippen molar-refractivity contribution in [3.63, 3.8) is 0 Å². The molecular weight excluding hydrogens is 376 g/mol. The zero-order chi connectivity index (χ0) is 19.3. The highest BCUT2D eigenvalue weighted by atomic mass is 32.1. The lowest BCUT2D eigenvalue weighted by atomic mass is 10.1. The van der Waals surface area contributed by atoms with E-state index in [0.717, 1.165) is 37.6 Å². The number of amides is 1. The van der Waals surface area contributed by atoms with E-state index in [1.54, 1.807) is 30.3 Å². The first-order chi connectivity index (χ1) is 13.8. The zero-order valence-corrected chi connectivity index (χ0v) is 16.2. The van der Waals surface area contributed by atoms with Gasteiger partial charge < -0.3 is 19.7 Å². The third kappa shape index (κ3) is 3.83. The van der Waals surface area contributed by atoms with Crippen LogP contribution in [0.5, 0.6) is 5.75 Å². The van der Waals surface area contributed by atoms with E-state index in [-0.39, 0.29) is 5.91 Å². The van der Waals surface area contributed by atoms with Crippen LogP contribution in [0.15, 0.2) is 47.4 Å². The molecule has 28 heavy (non-hydrogen) atoms. The molecule has 0 aliphatic carbocycles. The van der Waals surface area contributed by atoms with E-state index in [2.05, 4.69) is 20.2 Å². The van der Waals surface area contributed by atoms with Gasteiger partial charge in [-0.05, 0) is 24.3 Å². The van der Waals surface area contributed by atoms with Crippen LogP contribution < -0.4 is 15.0 Å². The fraction of sp³-hybridized carbons (Fsp3) is 0.250. The molecule has 0 radical (unpaired) electrons. The predicted octanol–water partition coefficient (Wildman–Crippen LogP) is 3.30. The second-order valence-corrected chi connectivity index (χ2v) is 6.93. The van der Waals surface area contributed by atoms with Gasteiger partial charge in [0.25, 0.3) is 5.91 Å². The molecule has 1 aliphatic heterocycles. The van der Waals surface area contributed by atoms with Crippen LogP contribution in [0.1, 0.15) is 10.5 Å². The Morgan fingerprint density at radius 2 is 2.11 bits per heavy atom. The van der Waals surface area contributed by atoms with Crippen molar-refractivity contribution in [2.24, 2.45) is 0 Å². The van der Waals surface area contributed by atoms with Crippen molar-refractivity contribution >= 4 is 28.6 Å². The maximum Gasteiger partial charge on any atom is 0.275 e. The van der Waals surface area contributed by atoms with Gasteiger partial charge in [-0.2, -0.15) is 0 Å².